The Morgan fingerprint density at radius 2 is 2.50 bits per heavy atom. The lowest BCUT2D eigenvalue weighted by Gasteiger charge is -2.28. The van der Waals surface area contributed by atoms with Crippen molar-refractivity contribution in [3.63, 3.8) is 0 Å². The second-order valence-corrected chi connectivity index (χ2v) is 4.11. The summed E-state index contributed by atoms with van der Waals surface area (Å²) in [4.78, 5) is 0. The highest BCUT2D eigenvalue weighted by Gasteiger charge is 2.36. The Bertz CT molecular complexity index is 283. The van der Waals surface area contributed by atoms with Crippen LogP contribution in [-0.2, 0) is 11.3 Å². The third-order valence-electron chi connectivity index (χ3n) is 3.13. The van der Waals surface area contributed by atoms with Gasteiger partial charge in [-0.1, -0.05) is 0 Å². The molecule has 0 spiro atoms. The van der Waals surface area contributed by atoms with Crippen LogP contribution in [0.3, 0.4) is 0 Å². The van der Waals surface area contributed by atoms with Gasteiger partial charge in [0.05, 0.1) is 18.9 Å². The van der Waals surface area contributed by atoms with Crippen molar-refractivity contribution < 1.29 is 9.15 Å². The number of ether oxygens (including phenoxy) is 1. The fourth-order valence-electron chi connectivity index (χ4n) is 1.77. The molecule has 1 aliphatic heterocycles. The van der Waals surface area contributed by atoms with Crippen LogP contribution in [0.5, 0.6) is 0 Å². The quantitative estimate of drug-likeness (QED) is 0.800. The van der Waals surface area contributed by atoms with Crippen molar-refractivity contribution in [2.75, 3.05) is 6.61 Å². The summed E-state index contributed by atoms with van der Waals surface area (Å²) in [7, 11) is 0. The van der Waals surface area contributed by atoms with Gasteiger partial charge in [-0.25, -0.2) is 0 Å². The molecule has 1 aromatic rings. The second-order valence-electron chi connectivity index (χ2n) is 4.11. The lowest BCUT2D eigenvalue weighted by Crippen LogP contribution is -2.47. The zero-order chi connectivity index (χ0) is 10.0. The lowest BCUT2D eigenvalue weighted by atomic mass is 9.95. The Morgan fingerprint density at radius 1 is 1.64 bits per heavy atom. The molecule has 0 saturated carbocycles. The summed E-state index contributed by atoms with van der Waals surface area (Å²) < 4.78 is 10.8. The van der Waals surface area contributed by atoms with Gasteiger partial charge in [0, 0.05) is 12.1 Å². The number of nitrogens with one attached hydrogen (secondary N) is 1. The van der Waals surface area contributed by atoms with E-state index in [1.165, 1.54) is 0 Å². The summed E-state index contributed by atoms with van der Waals surface area (Å²) in [5, 5.41) is 3.49. The molecule has 0 bridgehead atoms. The summed E-state index contributed by atoms with van der Waals surface area (Å²) >= 11 is 0. The van der Waals surface area contributed by atoms with Gasteiger partial charge in [0.25, 0.3) is 0 Å². The normalized spacial score (nSPS) is 32.3. The lowest BCUT2D eigenvalue weighted by molar-refractivity contribution is 0.0874. The van der Waals surface area contributed by atoms with Gasteiger partial charge in [0.2, 0.25) is 0 Å². The molecular weight excluding hydrogens is 178 g/mol. The van der Waals surface area contributed by atoms with Crippen LogP contribution < -0.4 is 5.32 Å². The molecule has 3 heteroatoms. The molecule has 2 unspecified atom stereocenters. The van der Waals surface area contributed by atoms with Crippen molar-refractivity contribution in [1.29, 1.82) is 0 Å². The van der Waals surface area contributed by atoms with Gasteiger partial charge < -0.3 is 14.5 Å². The summed E-state index contributed by atoms with van der Waals surface area (Å²) in [6, 6.07) is 3.89. The zero-order valence-corrected chi connectivity index (χ0v) is 8.75. The molecule has 2 heterocycles. The van der Waals surface area contributed by atoms with E-state index in [1.54, 1.807) is 6.26 Å². The molecule has 1 fully saturated rings. The van der Waals surface area contributed by atoms with Gasteiger partial charge in [-0.3, -0.25) is 0 Å². The van der Waals surface area contributed by atoms with Crippen molar-refractivity contribution in [1.82, 2.24) is 5.32 Å². The standard InChI is InChI=1S/C11H17NO2/c1-9-11(2,5-7-13-9)12-8-10-4-3-6-14-10/h3-4,6,9,12H,5,7-8H2,1-2H3. The minimum atomic E-state index is 0.0901. The maximum Gasteiger partial charge on any atom is 0.117 e. The third kappa shape index (κ3) is 1.83. The monoisotopic (exact) mass is 195 g/mol. The van der Waals surface area contributed by atoms with E-state index in [9.17, 15) is 0 Å². The number of hydrogen-bond acceptors (Lipinski definition) is 3. The number of rotatable bonds is 3. The molecule has 2 atom stereocenters. The summed E-state index contributed by atoms with van der Waals surface area (Å²) in [6.45, 7) is 5.94. The Morgan fingerprint density at radius 3 is 3.07 bits per heavy atom. The van der Waals surface area contributed by atoms with E-state index in [2.05, 4.69) is 19.2 Å². The van der Waals surface area contributed by atoms with Crippen LogP contribution in [0.15, 0.2) is 22.8 Å². The first-order valence-electron chi connectivity index (χ1n) is 5.10. The minimum absolute atomic E-state index is 0.0901. The molecule has 0 amide bonds. The van der Waals surface area contributed by atoms with Gasteiger partial charge in [-0.05, 0) is 32.4 Å². The van der Waals surface area contributed by atoms with Crippen molar-refractivity contribution in [2.24, 2.45) is 0 Å². The third-order valence-corrected chi connectivity index (χ3v) is 3.13. The van der Waals surface area contributed by atoms with E-state index in [0.29, 0.717) is 0 Å². The van der Waals surface area contributed by atoms with Crippen LogP contribution in [0.25, 0.3) is 0 Å². The fraction of sp³-hybridized carbons (Fsp3) is 0.636. The first-order chi connectivity index (χ1) is 6.71. The van der Waals surface area contributed by atoms with Crippen LogP contribution in [0, 0.1) is 0 Å². The highest BCUT2D eigenvalue weighted by molar-refractivity contribution is 5.01. The molecule has 14 heavy (non-hydrogen) atoms. The van der Waals surface area contributed by atoms with E-state index >= 15 is 0 Å². The van der Waals surface area contributed by atoms with Crippen LogP contribution in [0.2, 0.25) is 0 Å². The summed E-state index contributed by atoms with van der Waals surface area (Å²) in [6.07, 6.45) is 3.04. The topological polar surface area (TPSA) is 34.4 Å². The van der Waals surface area contributed by atoms with Crippen molar-refractivity contribution in [3.8, 4) is 0 Å². The van der Waals surface area contributed by atoms with E-state index < -0.39 is 0 Å². The molecule has 3 nitrogen and oxygen atoms in total. The van der Waals surface area contributed by atoms with Gasteiger partial charge in [-0.15, -0.1) is 0 Å². The smallest absolute Gasteiger partial charge is 0.117 e. The molecule has 1 aliphatic rings. The van der Waals surface area contributed by atoms with Crippen molar-refractivity contribution in [2.45, 2.75) is 38.5 Å². The molecule has 1 aromatic heterocycles. The Hall–Kier alpha value is -0.800. The van der Waals surface area contributed by atoms with Gasteiger partial charge in [0.1, 0.15) is 5.76 Å². The fourth-order valence-corrected chi connectivity index (χ4v) is 1.77. The Balaban J connectivity index is 1.91. The SMILES string of the molecule is CC1OCCC1(C)NCc1ccco1. The van der Waals surface area contributed by atoms with Crippen LogP contribution in [0.4, 0.5) is 0 Å². The van der Waals surface area contributed by atoms with E-state index in [4.69, 9.17) is 9.15 Å². The van der Waals surface area contributed by atoms with Crippen LogP contribution in [0.1, 0.15) is 26.0 Å². The Kier molecular flexibility index (Phi) is 2.61. The Labute approximate surface area is 84.4 Å². The van der Waals surface area contributed by atoms with Gasteiger partial charge in [0.15, 0.2) is 0 Å². The molecule has 0 aromatic carbocycles. The van der Waals surface area contributed by atoms with E-state index in [-0.39, 0.29) is 11.6 Å². The summed E-state index contributed by atoms with van der Waals surface area (Å²) in [5.74, 6) is 0.977. The number of furan rings is 1. The molecule has 1 N–H and O–H groups in total. The summed E-state index contributed by atoms with van der Waals surface area (Å²) in [5.41, 5.74) is 0.0901. The predicted molar refractivity (Wildman–Crippen MR) is 54.0 cm³/mol. The van der Waals surface area contributed by atoms with Crippen LogP contribution >= 0.6 is 0 Å². The zero-order valence-electron chi connectivity index (χ0n) is 8.75. The molecule has 1 saturated heterocycles. The number of hydrogen-bond donors (Lipinski definition) is 1. The second kappa shape index (κ2) is 3.75. The average molecular weight is 195 g/mol. The molecular formula is C11H17NO2. The van der Waals surface area contributed by atoms with Crippen molar-refractivity contribution >= 4 is 0 Å². The first kappa shape index (κ1) is 9.74. The predicted octanol–water partition coefficient (Wildman–Crippen LogP) is 1.94. The van der Waals surface area contributed by atoms with Crippen LogP contribution in [-0.4, -0.2) is 18.2 Å². The molecule has 78 valence electrons. The maximum absolute atomic E-state index is 5.55. The minimum Gasteiger partial charge on any atom is -0.468 e. The average Bonchev–Trinajstić information content (AvgIpc) is 2.75. The van der Waals surface area contributed by atoms with E-state index in [0.717, 1.165) is 25.3 Å². The molecule has 0 aliphatic carbocycles. The van der Waals surface area contributed by atoms with E-state index in [1.807, 2.05) is 12.1 Å². The largest absolute Gasteiger partial charge is 0.468 e. The van der Waals surface area contributed by atoms with Crippen molar-refractivity contribution in [3.05, 3.63) is 24.2 Å². The highest BCUT2D eigenvalue weighted by Crippen LogP contribution is 2.25. The maximum atomic E-state index is 5.55. The highest BCUT2D eigenvalue weighted by atomic mass is 16.5. The first-order valence-corrected chi connectivity index (χ1v) is 5.10. The molecule has 2 rings (SSSR count). The van der Waals surface area contributed by atoms with Gasteiger partial charge in [-0.2, -0.15) is 0 Å². The van der Waals surface area contributed by atoms with Gasteiger partial charge >= 0.3 is 0 Å². The molecule has 0 radical (unpaired) electrons.